The SMILES string of the molecule is COc1nc(-c2cccc(-c3cccc(Nc4nccc5cccnc45)c3Cl)c2Cl)cc2c1[C@@H](NC[C@@H]1CCC(=O)N1)CC2. The van der Waals surface area contributed by atoms with Gasteiger partial charge in [-0.1, -0.05) is 59.6 Å². The minimum absolute atomic E-state index is 0.112. The predicted octanol–water partition coefficient (Wildman–Crippen LogP) is 7.27. The molecule has 4 heterocycles. The molecule has 3 aromatic heterocycles. The normalized spacial score (nSPS) is 17.5. The lowest BCUT2D eigenvalue weighted by Crippen LogP contribution is -2.36. The Kier molecular flexibility index (Phi) is 7.80. The average Bonchev–Trinajstić information content (AvgIpc) is 3.66. The molecular formula is C34H30Cl2N6O2. The Labute approximate surface area is 265 Å². The number of methoxy groups -OCH3 is 1. The van der Waals surface area contributed by atoms with Gasteiger partial charge in [0.1, 0.15) is 5.52 Å². The first-order valence-electron chi connectivity index (χ1n) is 14.6. The van der Waals surface area contributed by atoms with Gasteiger partial charge in [0.25, 0.3) is 0 Å². The summed E-state index contributed by atoms with van der Waals surface area (Å²) in [4.78, 5) is 25.5. The fourth-order valence-electron chi connectivity index (χ4n) is 6.22. The molecule has 2 aliphatic rings. The summed E-state index contributed by atoms with van der Waals surface area (Å²) in [5, 5.41) is 12.1. The van der Waals surface area contributed by atoms with E-state index < -0.39 is 0 Å². The van der Waals surface area contributed by atoms with Gasteiger partial charge in [-0.3, -0.25) is 9.78 Å². The first kappa shape index (κ1) is 28.5. The molecule has 222 valence electrons. The van der Waals surface area contributed by atoms with Gasteiger partial charge in [0.15, 0.2) is 5.82 Å². The molecule has 1 amide bonds. The molecular weight excluding hydrogens is 595 g/mol. The molecule has 0 saturated carbocycles. The van der Waals surface area contributed by atoms with E-state index in [4.69, 9.17) is 32.9 Å². The molecule has 0 bridgehead atoms. The molecule has 2 atom stereocenters. The van der Waals surface area contributed by atoms with Gasteiger partial charge >= 0.3 is 0 Å². The van der Waals surface area contributed by atoms with E-state index in [1.807, 2.05) is 54.6 Å². The molecule has 1 saturated heterocycles. The number of aryl methyl sites for hydroxylation is 1. The van der Waals surface area contributed by atoms with Crippen molar-refractivity contribution in [3.8, 4) is 28.3 Å². The van der Waals surface area contributed by atoms with Crippen LogP contribution in [0.2, 0.25) is 10.0 Å². The van der Waals surface area contributed by atoms with Crippen LogP contribution in [0.25, 0.3) is 33.3 Å². The van der Waals surface area contributed by atoms with E-state index in [1.165, 1.54) is 5.56 Å². The molecule has 3 N–H and O–H groups in total. The Morgan fingerprint density at radius 2 is 1.75 bits per heavy atom. The number of fused-ring (bicyclic) bond motifs is 2. The van der Waals surface area contributed by atoms with Crippen LogP contribution in [0.3, 0.4) is 0 Å². The molecule has 1 aliphatic heterocycles. The molecule has 1 fully saturated rings. The van der Waals surface area contributed by atoms with E-state index in [1.54, 1.807) is 19.5 Å². The second-order valence-corrected chi connectivity index (χ2v) is 11.8. The van der Waals surface area contributed by atoms with Crippen molar-refractivity contribution in [2.45, 2.75) is 37.8 Å². The molecule has 0 spiro atoms. The smallest absolute Gasteiger partial charge is 0.220 e. The molecule has 2 aromatic carbocycles. The minimum Gasteiger partial charge on any atom is -0.481 e. The largest absolute Gasteiger partial charge is 0.481 e. The number of pyridine rings is 3. The monoisotopic (exact) mass is 624 g/mol. The Morgan fingerprint density at radius 1 is 0.932 bits per heavy atom. The first-order valence-corrected chi connectivity index (χ1v) is 15.4. The summed E-state index contributed by atoms with van der Waals surface area (Å²) in [6, 6.07) is 19.9. The Bertz CT molecular complexity index is 1890. The summed E-state index contributed by atoms with van der Waals surface area (Å²) >= 11 is 14.1. The van der Waals surface area contributed by atoms with Crippen molar-refractivity contribution >= 4 is 51.5 Å². The van der Waals surface area contributed by atoms with Crippen LogP contribution in [-0.2, 0) is 11.2 Å². The highest BCUT2D eigenvalue weighted by atomic mass is 35.5. The van der Waals surface area contributed by atoms with Gasteiger partial charge < -0.3 is 20.7 Å². The zero-order valence-corrected chi connectivity index (χ0v) is 25.5. The van der Waals surface area contributed by atoms with Gasteiger partial charge in [0.05, 0.1) is 28.5 Å². The standard InChI is InChI=1S/C34H30Cl2N6O2/c1-44-34-29-20(10-12-25(29)39-18-21-11-13-28(43)40-21)17-27(42-34)24-8-2-6-22(30(24)35)23-7-3-9-26(31(23)36)41-33-32-19(14-16-38-33)5-4-15-37-32/h2-9,14-17,21,25,39H,10-13,18H2,1H3,(H,38,41)(H,40,43)/t21-,25-/m0/s1. The van der Waals surface area contributed by atoms with Crippen molar-refractivity contribution in [1.82, 2.24) is 25.6 Å². The van der Waals surface area contributed by atoms with Crippen LogP contribution >= 0.6 is 23.2 Å². The molecule has 10 heteroatoms. The number of benzene rings is 2. The van der Waals surface area contributed by atoms with Crippen LogP contribution < -0.4 is 20.7 Å². The van der Waals surface area contributed by atoms with Gasteiger partial charge in [0, 0.05) is 65.1 Å². The highest BCUT2D eigenvalue weighted by molar-refractivity contribution is 6.39. The highest BCUT2D eigenvalue weighted by Gasteiger charge is 2.30. The number of halogens is 2. The van der Waals surface area contributed by atoms with Gasteiger partial charge in [-0.15, -0.1) is 0 Å². The van der Waals surface area contributed by atoms with Crippen LogP contribution in [0.15, 0.2) is 73.1 Å². The maximum absolute atomic E-state index is 11.6. The molecule has 5 aromatic rings. The quantitative estimate of drug-likeness (QED) is 0.167. The second kappa shape index (κ2) is 12.0. The molecule has 44 heavy (non-hydrogen) atoms. The number of rotatable bonds is 8. The molecule has 1 aliphatic carbocycles. The minimum atomic E-state index is 0.112. The average molecular weight is 626 g/mol. The van der Waals surface area contributed by atoms with E-state index in [2.05, 4.69) is 32.0 Å². The van der Waals surface area contributed by atoms with E-state index >= 15 is 0 Å². The summed E-state index contributed by atoms with van der Waals surface area (Å²) in [5.74, 6) is 1.33. The van der Waals surface area contributed by atoms with E-state index in [0.29, 0.717) is 33.9 Å². The Hall–Kier alpha value is -4.24. The number of amides is 1. The molecule has 7 rings (SSSR count). The predicted molar refractivity (Wildman–Crippen MR) is 175 cm³/mol. The third-order valence-electron chi connectivity index (χ3n) is 8.39. The van der Waals surface area contributed by atoms with E-state index in [0.717, 1.165) is 64.7 Å². The number of hydrogen-bond acceptors (Lipinski definition) is 7. The van der Waals surface area contributed by atoms with E-state index in [-0.39, 0.29) is 18.0 Å². The Balaban J connectivity index is 1.19. The summed E-state index contributed by atoms with van der Waals surface area (Å²) in [5.41, 5.74) is 6.83. The van der Waals surface area contributed by atoms with Crippen molar-refractivity contribution in [3.05, 3.63) is 94.2 Å². The molecule has 0 unspecified atom stereocenters. The number of carbonyl (C=O) groups is 1. The maximum atomic E-state index is 11.6. The fraction of sp³-hybridized carbons (Fsp3) is 0.235. The summed E-state index contributed by atoms with van der Waals surface area (Å²) in [6.45, 7) is 0.719. The number of hydrogen-bond donors (Lipinski definition) is 3. The van der Waals surface area contributed by atoms with Gasteiger partial charge in [0.2, 0.25) is 11.8 Å². The van der Waals surface area contributed by atoms with Gasteiger partial charge in [-0.05, 0) is 49.1 Å². The Morgan fingerprint density at radius 3 is 2.57 bits per heavy atom. The summed E-state index contributed by atoms with van der Waals surface area (Å²) < 4.78 is 5.81. The number of nitrogens with one attached hydrogen (secondary N) is 3. The zero-order chi connectivity index (χ0) is 30.2. The topological polar surface area (TPSA) is 101 Å². The highest BCUT2D eigenvalue weighted by Crippen LogP contribution is 2.44. The third kappa shape index (κ3) is 5.34. The number of nitrogens with zero attached hydrogens (tertiary/aromatic N) is 3. The van der Waals surface area contributed by atoms with Crippen molar-refractivity contribution < 1.29 is 9.53 Å². The van der Waals surface area contributed by atoms with Crippen molar-refractivity contribution in [2.75, 3.05) is 19.0 Å². The molecule has 8 nitrogen and oxygen atoms in total. The lowest BCUT2D eigenvalue weighted by Gasteiger charge is -2.20. The van der Waals surface area contributed by atoms with Crippen LogP contribution in [-0.4, -0.2) is 40.6 Å². The van der Waals surface area contributed by atoms with Crippen molar-refractivity contribution in [3.63, 3.8) is 0 Å². The lowest BCUT2D eigenvalue weighted by molar-refractivity contribution is -0.119. The lowest BCUT2D eigenvalue weighted by atomic mass is 9.99. The number of ether oxygens (including phenoxy) is 1. The van der Waals surface area contributed by atoms with Crippen LogP contribution in [0.1, 0.15) is 36.4 Å². The number of carbonyl (C=O) groups excluding carboxylic acids is 1. The maximum Gasteiger partial charge on any atom is 0.220 e. The van der Waals surface area contributed by atoms with Crippen LogP contribution in [0, 0.1) is 0 Å². The second-order valence-electron chi connectivity index (χ2n) is 11.1. The van der Waals surface area contributed by atoms with Crippen molar-refractivity contribution in [2.24, 2.45) is 0 Å². The first-order chi connectivity index (χ1) is 21.5. The van der Waals surface area contributed by atoms with E-state index in [9.17, 15) is 4.79 Å². The summed E-state index contributed by atoms with van der Waals surface area (Å²) in [6.07, 6.45) is 6.76. The van der Waals surface area contributed by atoms with Gasteiger partial charge in [-0.25, -0.2) is 9.97 Å². The summed E-state index contributed by atoms with van der Waals surface area (Å²) in [7, 11) is 1.65. The fourth-order valence-corrected chi connectivity index (χ4v) is 6.81. The number of aromatic nitrogens is 3. The van der Waals surface area contributed by atoms with Crippen LogP contribution in [0.5, 0.6) is 5.88 Å². The molecule has 0 radical (unpaired) electrons. The number of anilines is 2. The third-order valence-corrected chi connectivity index (χ3v) is 9.20. The van der Waals surface area contributed by atoms with Crippen LogP contribution in [0.4, 0.5) is 11.5 Å². The van der Waals surface area contributed by atoms with Crippen molar-refractivity contribution in [1.29, 1.82) is 0 Å². The van der Waals surface area contributed by atoms with Gasteiger partial charge in [-0.2, -0.15) is 0 Å². The zero-order valence-electron chi connectivity index (χ0n) is 24.0.